The molecule has 0 unspecified atom stereocenters. The van der Waals surface area contributed by atoms with Crippen LogP contribution in [0.2, 0.25) is 0 Å². The highest BCUT2D eigenvalue weighted by atomic mass is 16.5. The Morgan fingerprint density at radius 1 is 1.31 bits per heavy atom. The molecule has 0 aliphatic rings. The van der Waals surface area contributed by atoms with Crippen molar-refractivity contribution in [2.75, 3.05) is 39.3 Å². The van der Waals surface area contributed by atoms with Gasteiger partial charge in [-0.25, -0.2) is 4.98 Å². The van der Waals surface area contributed by atoms with E-state index in [9.17, 15) is 0 Å². The average molecular weight is 227 g/mol. The minimum Gasteiger partial charge on any atom is -0.489 e. The Labute approximate surface area is 95.0 Å². The second kappa shape index (κ2) is 6.84. The van der Waals surface area contributed by atoms with Crippen molar-refractivity contribution in [1.82, 2.24) is 9.97 Å². The zero-order chi connectivity index (χ0) is 11.8. The zero-order valence-corrected chi connectivity index (χ0v) is 9.82. The maximum atomic E-state index is 5.43. The number of rotatable bonds is 7. The standard InChI is InChI=1S/C10H17N3O3/c1-4-15-5-6-16-10-8(14-3)9(11-2)12-7-13-10/h7H,4-6H2,1-3H3,(H,11,12,13). The molecule has 1 N–H and O–H groups in total. The third-order valence-corrected chi connectivity index (χ3v) is 1.88. The Morgan fingerprint density at radius 3 is 2.75 bits per heavy atom. The van der Waals surface area contributed by atoms with Crippen molar-refractivity contribution in [3.8, 4) is 11.6 Å². The largest absolute Gasteiger partial charge is 0.489 e. The van der Waals surface area contributed by atoms with Crippen molar-refractivity contribution < 1.29 is 14.2 Å². The third-order valence-electron chi connectivity index (χ3n) is 1.88. The summed E-state index contributed by atoms with van der Waals surface area (Å²) in [6, 6.07) is 0. The average Bonchev–Trinajstić information content (AvgIpc) is 2.34. The van der Waals surface area contributed by atoms with Crippen molar-refractivity contribution in [2.24, 2.45) is 0 Å². The molecule has 0 saturated carbocycles. The molecule has 0 saturated heterocycles. The van der Waals surface area contributed by atoms with Gasteiger partial charge >= 0.3 is 0 Å². The molecule has 0 fully saturated rings. The number of nitrogens with one attached hydrogen (secondary N) is 1. The first-order valence-corrected chi connectivity index (χ1v) is 5.10. The highest BCUT2D eigenvalue weighted by Crippen LogP contribution is 2.30. The van der Waals surface area contributed by atoms with Crippen LogP contribution >= 0.6 is 0 Å². The molecule has 0 bridgehead atoms. The van der Waals surface area contributed by atoms with E-state index in [4.69, 9.17) is 14.2 Å². The van der Waals surface area contributed by atoms with Gasteiger partial charge < -0.3 is 19.5 Å². The molecule has 0 aromatic carbocycles. The van der Waals surface area contributed by atoms with Gasteiger partial charge in [-0.1, -0.05) is 0 Å². The van der Waals surface area contributed by atoms with E-state index < -0.39 is 0 Å². The second-order valence-electron chi connectivity index (χ2n) is 2.86. The summed E-state index contributed by atoms with van der Waals surface area (Å²) >= 11 is 0. The summed E-state index contributed by atoms with van der Waals surface area (Å²) in [5, 5.41) is 2.90. The predicted molar refractivity (Wildman–Crippen MR) is 60.1 cm³/mol. The molecule has 90 valence electrons. The molecule has 6 heteroatoms. The number of nitrogens with zero attached hydrogens (tertiary/aromatic N) is 2. The normalized spacial score (nSPS) is 9.94. The molecule has 1 rings (SSSR count). The summed E-state index contributed by atoms with van der Waals surface area (Å²) in [4.78, 5) is 8.02. The van der Waals surface area contributed by atoms with E-state index in [0.29, 0.717) is 37.3 Å². The van der Waals surface area contributed by atoms with Crippen LogP contribution < -0.4 is 14.8 Å². The molecule has 1 aromatic heterocycles. The topological polar surface area (TPSA) is 65.5 Å². The first-order chi connectivity index (χ1) is 7.83. The van der Waals surface area contributed by atoms with Crippen LogP contribution in [0.1, 0.15) is 6.92 Å². The highest BCUT2D eigenvalue weighted by Gasteiger charge is 2.11. The SMILES string of the molecule is CCOCCOc1ncnc(NC)c1OC. The van der Waals surface area contributed by atoms with Gasteiger partial charge in [0, 0.05) is 13.7 Å². The molecule has 0 radical (unpaired) electrons. The van der Waals surface area contributed by atoms with Crippen molar-refractivity contribution in [3.63, 3.8) is 0 Å². The minimum absolute atomic E-state index is 0.418. The molecular formula is C10H17N3O3. The molecule has 0 amide bonds. The number of hydrogen-bond donors (Lipinski definition) is 1. The van der Waals surface area contributed by atoms with Crippen LogP contribution in [0.3, 0.4) is 0 Å². The van der Waals surface area contributed by atoms with Crippen molar-refractivity contribution in [2.45, 2.75) is 6.92 Å². The molecule has 0 spiro atoms. The van der Waals surface area contributed by atoms with Crippen molar-refractivity contribution in [3.05, 3.63) is 6.33 Å². The van der Waals surface area contributed by atoms with Gasteiger partial charge in [0.05, 0.1) is 13.7 Å². The van der Waals surface area contributed by atoms with Gasteiger partial charge in [-0.15, -0.1) is 0 Å². The summed E-state index contributed by atoms with van der Waals surface area (Å²) in [6.45, 7) is 3.57. The van der Waals surface area contributed by atoms with Crippen LogP contribution in [0.5, 0.6) is 11.6 Å². The number of anilines is 1. The van der Waals surface area contributed by atoms with E-state index >= 15 is 0 Å². The minimum atomic E-state index is 0.418. The Hall–Kier alpha value is -1.56. The Morgan fingerprint density at radius 2 is 2.12 bits per heavy atom. The molecule has 0 aliphatic heterocycles. The van der Waals surface area contributed by atoms with E-state index in [0.717, 1.165) is 0 Å². The van der Waals surface area contributed by atoms with E-state index in [1.54, 1.807) is 14.2 Å². The highest BCUT2D eigenvalue weighted by molar-refractivity contribution is 5.54. The molecule has 1 aromatic rings. The van der Waals surface area contributed by atoms with Crippen molar-refractivity contribution >= 4 is 5.82 Å². The van der Waals surface area contributed by atoms with Crippen molar-refractivity contribution in [1.29, 1.82) is 0 Å². The monoisotopic (exact) mass is 227 g/mol. The van der Waals surface area contributed by atoms with E-state index in [1.807, 2.05) is 6.92 Å². The molecule has 16 heavy (non-hydrogen) atoms. The maximum absolute atomic E-state index is 5.43. The maximum Gasteiger partial charge on any atom is 0.262 e. The smallest absolute Gasteiger partial charge is 0.262 e. The fourth-order valence-corrected chi connectivity index (χ4v) is 1.16. The van der Waals surface area contributed by atoms with Crippen LogP contribution in [0, 0.1) is 0 Å². The summed E-state index contributed by atoms with van der Waals surface area (Å²) in [6.07, 6.45) is 1.42. The summed E-state index contributed by atoms with van der Waals surface area (Å²) in [5.41, 5.74) is 0. The molecule has 1 heterocycles. The van der Waals surface area contributed by atoms with E-state index in [1.165, 1.54) is 6.33 Å². The van der Waals surface area contributed by atoms with Gasteiger partial charge in [-0.3, -0.25) is 0 Å². The van der Waals surface area contributed by atoms with Gasteiger partial charge in [0.2, 0.25) is 5.75 Å². The zero-order valence-electron chi connectivity index (χ0n) is 9.82. The van der Waals surface area contributed by atoms with E-state index in [2.05, 4.69) is 15.3 Å². The first-order valence-electron chi connectivity index (χ1n) is 5.10. The van der Waals surface area contributed by atoms with Crippen LogP contribution in [-0.2, 0) is 4.74 Å². The van der Waals surface area contributed by atoms with Crippen LogP contribution in [0.15, 0.2) is 6.33 Å². The van der Waals surface area contributed by atoms with Gasteiger partial charge in [-0.05, 0) is 6.92 Å². The number of methoxy groups -OCH3 is 1. The quantitative estimate of drug-likeness (QED) is 0.699. The lowest BCUT2D eigenvalue weighted by Crippen LogP contribution is -2.09. The summed E-state index contributed by atoms with van der Waals surface area (Å²) < 4.78 is 15.8. The number of aromatic nitrogens is 2. The summed E-state index contributed by atoms with van der Waals surface area (Å²) in [5.74, 6) is 1.52. The number of ether oxygens (including phenoxy) is 3. The van der Waals surface area contributed by atoms with Crippen LogP contribution in [0.25, 0.3) is 0 Å². The Bertz CT molecular complexity index is 320. The fraction of sp³-hybridized carbons (Fsp3) is 0.600. The van der Waals surface area contributed by atoms with Gasteiger partial charge in [-0.2, -0.15) is 4.98 Å². The lowest BCUT2D eigenvalue weighted by atomic mass is 10.5. The lowest BCUT2D eigenvalue weighted by molar-refractivity contribution is 0.107. The van der Waals surface area contributed by atoms with Crippen LogP contribution in [-0.4, -0.2) is 43.9 Å². The molecule has 0 atom stereocenters. The Balaban J connectivity index is 2.63. The van der Waals surface area contributed by atoms with Gasteiger partial charge in [0.1, 0.15) is 12.9 Å². The fourth-order valence-electron chi connectivity index (χ4n) is 1.16. The summed E-state index contributed by atoms with van der Waals surface area (Å²) in [7, 11) is 3.31. The molecule has 6 nitrogen and oxygen atoms in total. The molecule has 0 aliphatic carbocycles. The second-order valence-corrected chi connectivity index (χ2v) is 2.86. The van der Waals surface area contributed by atoms with E-state index in [-0.39, 0.29) is 0 Å². The predicted octanol–water partition coefficient (Wildman–Crippen LogP) is 0.942. The molecular weight excluding hydrogens is 210 g/mol. The van der Waals surface area contributed by atoms with Gasteiger partial charge in [0.25, 0.3) is 5.88 Å². The third kappa shape index (κ3) is 3.23. The van der Waals surface area contributed by atoms with Gasteiger partial charge in [0.15, 0.2) is 5.82 Å². The number of hydrogen-bond acceptors (Lipinski definition) is 6. The lowest BCUT2D eigenvalue weighted by Gasteiger charge is -2.11. The Kier molecular flexibility index (Phi) is 5.35. The first kappa shape index (κ1) is 12.5. The van der Waals surface area contributed by atoms with Crippen LogP contribution in [0.4, 0.5) is 5.82 Å².